The van der Waals surface area contributed by atoms with Crippen LogP contribution in [0.15, 0.2) is 58.4 Å². The van der Waals surface area contributed by atoms with E-state index in [0.717, 1.165) is 0 Å². The van der Waals surface area contributed by atoms with E-state index in [1.807, 2.05) is 0 Å². The number of carboxylic acid groups (broad SMARTS) is 2. The zero-order valence-corrected chi connectivity index (χ0v) is 26.6. The van der Waals surface area contributed by atoms with Crippen LogP contribution in [-0.4, -0.2) is 45.5 Å². The van der Waals surface area contributed by atoms with Gasteiger partial charge in [-0.1, -0.05) is 0 Å². The molecule has 0 spiro atoms. The van der Waals surface area contributed by atoms with Gasteiger partial charge in [0, 0.05) is 48.4 Å². The number of hydrogen-bond acceptors (Lipinski definition) is 9. The molecular weight excluding hydrogens is 542 g/mol. The van der Waals surface area contributed by atoms with Crippen LogP contribution in [0.3, 0.4) is 0 Å². The molecule has 0 atom stereocenters. The van der Waals surface area contributed by atoms with Crippen molar-refractivity contribution in [1.82, 2.24) is 9.13 Å². The van der Waals surface area contributed by atoms with Crippen molar-refractivity contribution in [3.63, 3.8) is 0 Å². The predicted octanol–water partition coefficient (Wildman–Crippen LogP) is -6.09. The van der Waals surface area contributed by atoms with Gasteiger partial charge in [-0.2, -0.15) is 0 Å². The number of aromatic nitrogens is 2. The van der Waals surface area contributed by atoms with Crippen LogP contribution >= 0.6 is 0 Å². The molecule has 0 radical (unpaired) electrons. The minimum absolute atomic E-state index is 0. The first-order chi connectivity index (χ1) is 18.1. The van der Waals surface area contributed by atoms with Gasteiger partial charge in [0.15, 0.2) is 10.9 Å². The van der Waals surface area contributed by atoms with Crippen LogP contribution in [-0.2, 0) is 13.1 Å². The molecule has 0 saturated heterocycles. The first-order valence-corrected chi connectivity index (χ1v) is 11.8. The van der Waals surface area contributed by atoms with E-state index in [1.54, 1.807) is 35.1 Å². The fourth-order valence-corrected chi connectivity index (χ4v) is 4.17. The van der Waals surface area contributed by atoms with Gasteiger partial charge in [-0.25, -0.2) is 0 Å². The number of aromatic carboxylic acids is 2. The second-order valence-electron chi connectivity index (χ2n) is 8.52. The van der Waals surface area contributed by atoms with Crippen molar-refractivity contribution in [2.75, 3.05) is 13.2 Å². The summed E-state index contributed by atoms with van der Waals surface area (Å²) >= 11 is 0. The third-order valence-electron chi connectivity index (χ3n) is 6.11. The number of pyridine rings is 2. The van der Waals surface area contributed by atoms with Crippen molar-refractivity contribution in [2.24, 2.45) is 0 Å². The van der Waals surface area contributed by atoms with E-state index in [-0.39, 0.29) is 83.1 Å². The molecule has 13 heteroatoms. The van der Waals surface area contributed by atoms with Crippen molar-refractivity contribution in [1.29, 1.82) is 0 Å². The molecule has 198 valence electrons. The van der Waals surface area contributed by atoms with Crippen LogP contribution in [0.4, 0.5) is 0 Å². The molecule has 2 aromatic carbocycles. The monoisotopic (exact) mass is 566 g/mol. The zero-order chi connectivity index (χ0) is 27.6. The van der Waals surface area contributed by atoms with Crippen molar-refractivity contribution in [2.45, 2.75) is 33.0 Å². The fraction of sp³-hybridized carbons (Fsp3) is 0.259. The molecule has 0 unspecified atom stereocenters. The van der Waals surface area contributed by atoms with Crippen molar-refractivity contribution in [3.8, 4) is 11.5 Å². The third-order valence-corrected chi connectivity index (χ3v) is 6.11. The molecule has 4 rings (SSSR count). The van der Waals surface area contributed by atoms with Gasteiger partial charge in [-0.15, -0.1) is 0 Å². The average Bonchev–Trinajstić information content (AvgIpc) is 2.90. The van der Waals surface area contributed by atoms with E-state index in [0.29, 0.717) is 35.6 Å². The number of nitrogens with zero attached hydrogens (tertiary/aromatic N) is 2. The van der Waals surface area contributed by atoms with Gasteiger partial charge in [0.25, 0.3) is 0 Å². The van der Waals surface area contributed by atoms with Gasteiger partial charge < -0.3 is 43.5 Å². The number of aliphatic hydroxyl groups excluding tert-OH is 1. The molecular formula is C27H24N2Na2O9. The number of carbonyl (C=O) groups is 2. The van der Waals surface area contributed by atoms with Crippen LogP contribution in [0.1, 0.15) is 34.6 Å². The van der Waals surface area contributed by atoms with Crippen molar-refractivity contribution >= 4 is 33.7 Å². The van der Waals surface area contributed by atoms with Gasteiger partial charge in [0.05, 0.1) is 34.1 Å². The molecule has 0 bridgehead atoms. The zero-order valence-electron chi connectivity index (χ0n) is 22.6. The second-order valence-corrected chi connectivity index (χ2v) is 8.52. The maximum Gasteiger partial charge on any atom is 1.00 e. The summed E-state index contributed by atoms with van der Waals surface area (Å²) in [6, 6.07) is 9.10. The third kappa shape index (κ3) is 6.98. The second kappa shape index (κ2) is 14.3. The quantitative estimate of drug-likeness (QED) is 0.184. The Morgan fingerprint density at radius 2 is 1.15 bits per heavy atom. The largest absolute Gasteiger partial charge is 1.00 e. The summed E-state index contributed by atoms with van der Waals surface area (Å²) < 4.78 is 14.5. The van der Waals surface area contributed by atoms with E-state index >= 15 is 0 Å². The molecule has 40 heavy (non-hydrogen) atoms. The van der Waals surface area contributed by atoms with Crippen LogP contribution < -0.4 is 89.7 Å². The number of rotatable bonds is 10. The first-order valence-electron chi connectivity index (χ1n) is 11.8. The summed E-state index contributed by atoms with van der Waals surface area (Å²) in [7, 11) is 0. The van der Waals surface area contributed by atoms with Gasteiger partial charge >= 0.3 is 59.1 Å². The van der Waals surface area contributed by atoms with Gasteiger partial charge in [0.2, 0.25) is 0 Å². The Labute approximate surface area is 272 Å². The van der Waals surface area contributed by atoms with Crippen LogP contribution in [0.5, 0.6) is 11.5 Å². The molecule has 0 aliphatic carbocycles. The topological polar surface area (TPSA) is 163 Å². The Morgan fingerprint density at radius 1 is 0.775 bits per heavy atom. The average molecular weight is 566 g/mol. The van der Waals surface area contributed by atoms with E-state index < -0.39 is 40.0 Å². The molecule has 0 amide bonds. The number of carboxylic acids is 2. The van der Waals surface area contributed by atoms with Crippen LogP contribution in [0.2, 0.25) is 0 Å². The number of ether oxygens (including phenoxy) is 2. The smallest absolute Gasteiger partial charge is 0.545 e. The van der Waals surface area contributed by atoms with Gasteiger partial charge in [-0.05, 0) is 38.1 Å². The molecule has 2 aromatic heterocycles. The summed E-state index contributed by atoms with van der Waals surface area (Å²) in [5.41, 5.74) is -1.20. The van der Waals surface area contributed by atoms with Crippen molar-refractivity contribution < 1.29 is 93.5 Å². The van der Waals surface area contributed by atoms with Gasteiger partial charge in [0.1, 0.15) is 30.8 Å². The maximum atomic E-state index is 12.4. The number of aryl methyl sites for hydroxylation is 2. The Balaban J connectivity index is 0.00000280. The fourth-order valence-electron chi connectivity index (χ4n) is 4.17. The molecule has 1 N–H and O–H groups in total. The molecule has 2 heterocycles. The number of aliphatic hydroxyl groups is 1. The van der Waals surface area contributed by atoms with Crippen LogP contribution in [0, 0.1) is 0 Å². The number of hydrogen-bond donors (Lipinski definition) is 1. The summed E-state index contributed by atoms with van der Waals surface area (Å²) in [5.74, 6) is -2.37. The normalized spacial score (nSPS) is 10.7. The maximum absolute atomic E-state index is 12.4. The van der Waals surface area contributed by atoms with Crippen LogP contribution in [0.25, 0.3) is 21.8 Å². The molecule has 0 fully saturated rings. The van der Waals surface area contributed by atoms with E-state index in [9.17, 15) is 34.5 Å². The molecule has 4 aromatic rings. The molecule has 0 aliphatic rings. The van der Waals surface area contributed by atoms with E-state index in [2.05, 4.69) is 0 Å². The summed E-state index contributed by atoms with van der Waals surface area (Å²) in [5, 5.41) is 33.3. The Morgan fingerprint density at radius 3 is 1.48 bits per heavy atom. The van der Waals surface area contributed by atoms with E-state index in [4.69, 9.17) is 9.47 Å². The van der Waals surface area contributed by atoms with E-state index in [1.165, 1.54) is 36.7 Å². The SMILES string of the molecule is CCn1cc(C(=O)[O-])c(=O)c2ccc(OCC(O)COc3ccc4c(=O)c(C(=O)[O-])cn(CC)c4c3)cc21.[Na+].[Na+]. The standard InChI is InChI=1S/C27H26N2O9.2Na/c1-3-28-11-20(26(33)34)24(31)18-7-5-16(9-22(18)28)37-13-15(30)14-38-17-6-8-19-23(10-17)29(4-2)12-21(25(19)32)27(35)36;;/h5-12,15,30H,3-4,13-14H2,1-2H3,(H,33,34)(H,35,36);;/q;2*+1/p-2. The minimum atomic E-state index is -1.55. The number of carbonyl (C=O) groups excluding carboxylic acids is 2. The molecule has 0 aliphatic heterocycles. The first kappa shape index (κ1) is 33.6. The van der Waals surface area contributed by atoms with Crippen molar-refractivity contribution in [3.05, 3.63) is 80.4 Å². The number of benzene rings is 2. The molecule has 11 nitrogen and oxygen atoms in total. The van der Waals surface area contributed by atoms with Gasteiger partial charge in [-0.3, -0.25) is 9.59 Å². The Kier molecular flexibility index (Phi) is 12.0. The molecule has 0 saturated carbocycles. The Hall–Kier alpha value is -2.64. The minimum Gasteiger partial charge on any atom is -0.545 e. The predicted molar refractivity (Wildman–Crippen MR) is 133 cm³/mol. The summed E-state index contributed by atoms with van der Waals surface area (Å²) in [6.45, 7) is 4.13. The Bertz CT molecular complexity index is 1560. The summed E-state index contributed by atoms with van der Waals surface area (Å²) in [4.78, 5) is 47.4. The summed E-state index contributed by atoms with van der Waals surface area (Å²) in [6.07, 6.45) is 1.42. The number of fused-ring (bicyclic) bond motifs is 2.